The maximum Gasteiger partial charge on any atom is 0.391 e. The van der Waals surface area contributed by atoms with Gasteiger partial charge in [0.15, 0.2) is 0 Å². The standard InChI is InChI=1S/C7H9O5P/c8-11-5-6-3-1-2-4-7(6)12-13(9)10/h1-4,8-10H,5H2. The van der Waals surface area contributed by atoms with Gasteiger partial charge >= 0.3 is 8.60 Å². The van der Waals surface area contributed by atoms with Crippen LogP contribution in [0.1, 0.15) is 5.56 Å². The summed E-state index contributed by atoms with van der Waals surface area (Å²) in [7, 11) is -2.44. The van der Waals surface area contributed by atoms with Crippen molar-refractivity contribution in [2.24, 2.45) is 0 Å². The molecule has 0 radical (unpaired) electrons. The van der Waals surface area contributed by atoms with E-state index in [-0.39, 0.29) is 12.4 Å². The van der Waals surface area contributed by atoms with Crippen molar-refractivity contribution < 1.29 is 24.5 Å². The molecule has 0 atom stereocenters. The molecular weight excluding hydrogens is 195 g/mol. The molecule has 6 heteroatoms. The molecule has 3 N–H and O–H groups in total. The summed E-state index contributed by atoms with van der Waals surface area (Å²) in [5.74, 6) is 0.285. The molecule has 0 fully saturated rings. The Balaban J connectivity index is 2.78. The van der Waals surface area contributed by atoms with Gasteiger partial charge in [-0.15, -0.1) is 0 Å². The molecule has 0 bridgehead atoms. The van der Waals surface area contributed by atoms with Gasteiger partial charge in [0, 0.05) is 5.56 Å². The van der Waals surface area contributed by atoms with Crippen LogP contribution in [0.15, 0.2) is 24.3 Å². The van der Waals surface area contributed by atoms with Gasteiger partial charge in [-0.1, -0.05) is 18.2 Å². The van der Waals surface area contributed by atoms with Crippen LogP contribution in [0.4, 0.5) is 0 Å². The fraction of sp³-hybridized carbons (Fsp3) is 0.143. The largest absolute Gasteiger partial charge is 0.427 e. The predicted octanol–water partition coefficient (Wildman–Crippen LogP) is 1.27. The molecule has 1 rings (SSSR count). The number of hydrogen-bond donors (Lipinski definition) is 3. The first-order valence-corrected chi connectivity index (χ1v) is 4.60. The monoisotopic (exact) mass is 204 g/mol. The minimum absolute atomic E-state index is 0.0562. The quantitative estimate of drug-likeness (QED) is 0.391. The van der Waals surface area contributed by atoms with E-state index in [1.54, 1.807) is 24.3 Å². The van der Waals surface area contributed by atoms with Crippen molar-refractivity contribution in [3.05, 3.63) is 29.8 Å². The van der Waals surface area contributed by atoms with Crippen molar-refractivity contribution in [3.8, 4) is 5.75 Å². The van der Waals surface area contributed by atoms with E-state index in [0.29, 0.717) is 5.56 Å². The lowest BCUT2D eigenvalue weighted by Crippen LogP contribution is -1.93. The molecule has 0 saturated carbocycles. The zero-order valence-corrected chi connectivity index (χ0v) is 7.52. The lowest BCUT2D eigenvalue weighted by atomic mass is 10.2. The summed E-state index contributed by atoms with van der Waals surface area (Å²) < 4.78 is 4.68. The third kappa shape index (κ3) is 3.26. The van der Waals surface area contributed by atoms with Gasteiger partial charge in [0.25, 0.3) is 0 Å². The normalized spacial score (nSPS) is 10.5. The molecule has 0 saturated heterocycles. The Morgan fingerprint density at radius 2 is 1.92 bits per heavy atom. The molecule has 5 nitrogen and oxygen atoms in total. The van der Waals surface area contributed by atoms with E-state index in [9.17, 15) is 0 Å². The van der Waals surface area contributed by atoms with E-state index in [4.69, 9.17) is 15.0 Å². The van der Waals surface area contributed by atoms with Gasteiger partial charge in [-0.2, -0.15) is 0 Å². The summed E-state index contributed by atoms with van der Waals surface area (Å²) in [6, 6.07) is 6.59. The molecule has 0 spiro atoms. The molecule has 0 aliphatic heterocycles. The van der Waals surface area contributed by atoms with Crippen LogP contribution in [0.5, 0.6) is 5.75 Å². The molecule has 0 aliphatic rings. The second-order valence-corrected chi connectivity index (χ2v) is 2.91. The van der Waals surface area contributed by atoms with E-state index in [1.165, 1.54) is 0 Å². The Morgan fingerprint density at radius 3 is 2.54 bits per heavy atom. The molecule has 0 heterocycles. The van der Waals surface area contributed by atoms with Gasteiger partial charge in [0.1, 0.15) is 12.4 Å². The maximum absolute atomic E-state index is 8.59. The Hall–Kier alpha value is -0.710. The minimum atomic E-state index is -2.44. The van der Waals surface area contributed by atoms with E-state index >= 15 is 0 Å². The van der Waals surface area contributed by atoms with Crippen molar-refractivity contribution in [1.82, 2.24) is 0 Å². The number of rotatable bonds is 4. The van der Waals surface area contributed by atoms with Gasteiger partial charge in [-0.25, -0.2) is 4.89 Å². The third-order valence-corrected chi connectivity index (χ3v) is 1.73. The highest BCUT2D eigenvalue weighted by Gasteiger charge is 2.07. The van der Waals surface area contributed by atoms with Gasteiger partial charge in [0.05, 0.1) is 0 Å². The van der Waals surface area contributed by atoms with Crippen molar-refractivity contribution in [3.63, 3.8) is 0 Å². The SMILES string of the molecule is OOCc1ccccc1OP(O)O. The summed E-state index contributed by atoms with van der Waals surface area (Å²) in [5.41, 5.74) is 0.542. The summed E-state index contributed by atoms with van der Waals surface area (Å²) in [6.45, 7) is -0.0562. The highest BCUT2D eigenvalue weighted by Crippen LogP contribution is 2.31. The second-order valence-electron chi connectivity index (χ2n) is 2.23. The Bertz CT molecular complexity index is 265. The first-order chi connectivity index (χ1) is 6.24. The Morgan fingerprint density at radius 1 is 1.23 bits per heavy atom. The van der Waals surface area contributed by atoms with Crippen LogP contribution < -0.4 is 4.52 Å². The smallest absolute Gasteiger partial charge is 0.391 e. The number of para-hydroxylation sites is 1. The minimum Gasteiger partial charge on any atom is -0.427 e. The molecule has 0 aliphatic carbocycles. The maximum atomic E-state index is 8.59. The molecule has 0 aromatic heterocycles. The summed E-state index contributed by atoms with van der Waals surface area (Å²) in [5, 5.41) is 8.20. The zero-order chi connectivity index (χ0) is 9.68. The highest BCUT2D eigenvalue weighted by atomic mass is 31.2. The van der Waals surface area contributed by atoms with Crippen LogP contribution in [0.25, 0.3) is 0 Å². The Labute approximate surface area is 76.1 Å². The van der Waals surface area contributed by atoms with Gasteiger partial charge in [-0.3, -0.25) is 5.26 Å². The summed E-state index contributed by atoms with van der Waals surface area (Å²) >= 11 is 0. The number of hydrogen-bond acceptors (Lipinski definition) is 5. The van der Waals surface area contributed by atoms with Crippen LogP contribution in [0, 0.1) is 0 Å². The van der Waals surface area contributed by atoms with Crippen LogP contribution in [0.2, 0.25) is 0 Å². The first kappa shape index (κ1) is 10.4. The lowest BCUT2D eigenvalue weighted by Gasteiger charge is -2.09. The molecule has 72 valence electrons. The molecule has 0 unspecified atom stereocenters. The van der Waals surface area contributed by atoms with Crippen molar-refractivity contribution in [1.29, 1.82) is 0 Å². The molecule has 1 aromatic rings. The Kier molecular flexibility index (Phi) is 4.08. The predicted molar refractivity (Wildman–Crippen MR) is 45.8 cm³/mol. The summed E-state index contributed by atoms with van der Waals surface area (Å²) in [4.78, 5) is 21.1. The van der Waals surface area contributed by atoms with E-state index in [2.05, 4.69) is 9.41 Å². The van der Waals surface area contributed by atoms with Crippen molar-refractivity contribution in [2.45, 2.75) is 6.61 Å². The van der Waals surface area contributed by atoms with Crippen LogP contribution >= 0.6 is 8.60 Å². The molecule has 1 aromatic carbocycles. The molecule has 13 heavy (non-hydrogen) atoms. The molecule has 0 amide bonds. The van der Waals surface area contributed by atoms with E-state index in [0.717, 1.165) is 0 Å². The summed E-state index contributed by atoms with van der Waals surface area (Å²) in [6.07, 6.45) is 0. The van der Waals surface area contributed by atoms with Crippen molar-refractivity contribution >= 4 is 8.60 Å². The van der Waals surface area contributed by atoms with Crippen LogP contribution in [-0.2, 0) is 11.5 Å². The van der Waals surface area contributed by atoms with Gasteiger partial charge < -0.3 is 14.3 Å². The zero-order valence-electron chi connectivity index (χ0n) is 6.62. The number of benzene rings is 1. The molecular formula is C7H9O5P. The average Bonchev–Trinajstić information content (AvgIpc) is 2.08. The van der Waals surface area contributed by atoms with E-state index in [1.807, 2.05) is 0 Å². The fourth-order valence-electron chi connectivity index (χ4n) is 0.870. The van der Waals surface area contributed by atoms with Crippen LogP contribution in [0.3, 0.4) is 0 Å². The average molecular weight is 204 g/mol. The first-order valence-electron chi connectivity index (χ1n) is 3.44. The van der Waals surface area contributed by atoms with Gasteiger partial charge in [-0.05, 0) is 6.07 Å². The lowest BCUT2D eigenvalue weighted by molar-refractivity contribution is -0.253. The third-order valence-electron chi connectivity index (χ3n) is 1.37. The van der Waals surface area contributed by atoms with Crippen molar-refractivity contribution in [2.75, 3.05) is 0 Å². The topological polar surface area (TPSA) is 79.2 Å². The fourth-order valence-corrected chi connectivity index (χ4v) is 1.22. The van der Waals surface area contributed by atoms with Crippen LogP contribution in [-0.4, -0.2) is 15.0 Å². The second kappa shape index (κ2) is 5.11. The van der Waals surface area contributed by atoms with E-state index < -0.39 is 8.60 Å². The van der Waals surface area contributed by atoms with Gasteiger partial charge in [0.2, 0.25) is 0 Å². The highest BCUT2D eigenvalue weighted by molar-refractivity contribution is 7.39.